The zero-order chi connectivity index (χ0) is 18.2. The van der Waals surface area contributed by atoms with Crippen molar-refractivity contribution >= 4 is 18.9 Å². The second-order valence-corrected chi connectivity index (χ2v) is 7.28. The molecule has 2 aromatic carbocycles. The molecule has 1 saturated heterocycles. The standard InChI is InChI=1S/C20H23BO4/c1-19(2)20(3,4)25-21(24-19)18-11-8-15(12-16(18)13-22)14-6-9-17(23-5)10-7-14/h6-13H,1-5H3. The highest BCUT2D eigenvalue weighted by Crippen LogP contribution is 2.36. The van der Waals surface area contributed by atoms with Crippen LogP contribution in [-0.2, 0) is 9.31 Å². The Labute approximate surface area is 149 Å². The summed E-state index contributed by atoms with van der Waals surface area (Å²) >= 11 is 0. The zero-order valence-electron chi connectivity index (χ0n) is 15.3. The first-order valence-electron chi connectivity index (χ1n) is 8.36. The summed E-state index contributed by atoms with van der Waals surface area (Å²) in [5.74, 6) is 0.799. The number of benzene rings is 2. The summed E-state index contributed by atoms with van der Waals surface area (Å²) in [5, 5.41) is 0. The van der Waals surface area contributed by atoms with Crippen molar-refractivity contribution in [2.45, 2.75) is 38.9 Å². The Morgan fingerprint density at radius 3 is 2.00 bits per heavy atom. The van der Waals surface area contributed by atoms with Crippen LogP contribution in [0.1, 0.15) is 38.1 Å². The molecule has 0 amide bonds. The van der Waals surface area contributed by atoms with E-state index in [-0.39, 0.29) is 0 Å². The largest absolute Gasteiger partial charge is 0.497 e. The smallest absolute Gasteiger partial charge is 0.495 e. The van der Waals surface area contributed by atoms with Gasteiger partial charge in [-0.25, -0.2) is 0 Å². The zero-order valence-corrected chi connectivity index (χ0v) is 15.3. The van der Waals surface area contributed by atoms with E-state index in [4.69, 9.17) is 14.0 Å². The number of hydrogen-bond acceptors (Lipinski definition) is 4. The molecule has 1 fully saturated rings. The molecule has 0 aromatic heterocycles. The molecule has 3 rings (SSSR count). The van der Waals surface area contributed by atoms with Gasteiger partial charge in [0.1, 0.15) is 12.0 Å². The van der Waals surface area contributed by atoms with Crippen LogP contribution in [0.2, 0.25) is 0 Å². The van der Waals surface area contributed by atoms with Gasteiger partial charge in [-0.3, -0.25) is 4.79 Å². The summed E-state index contributed by atoms with van der Waals surface area (Å²) in [6.45, 7) is 8.00. The Bertz CT molecular complexity index is 765. The number of aldehydes is 1. The van der Waals surface area contributed by atoms with Crippen molar-refractivity contribution in [3.05, 3.63) is 48.0 Å². The van der Waals surface area contributed by atoms with Gasteiger partial charge in [0.25, 0.3) is 0 Å². The highest BCUT2D eigenvalue weighted by Gasteiger charge is 2.52. The number of rotatable bonds is 4. The van der Waals surface area contributed by atoms with Gasteiger partial charge in [0.05, 0.1) is 18.3 Å². The molecular weight excluding hydrogens is 315 g/mol. The molecule has 1 aliphatic heterocycles. The third-order valence-corrected chi connectivity index (χ3v) is 5.14. The van der Waals surface area contributed by atoms with Crippen LogP contribution >= 0.6 is 0 Å². The predicted molar refractivity (Wildman–Crippen MR) is 99.5 cm³/mol. The van der Waals surface area contributed by atoms with Gasteiger partial charge in [0.2, 0.25) is 0 Å². The molecule has 0 radical (unpaired) electrons. The maximum atomic E-state index is 11.7. The van der Waals surface area contributed by atoms with Crippen molar-refractivity contribution in [3.63, 3.8) is 0 Å². The van der Waals surface area contributed by atoms with E-state index in [0.29, 0.717) is 5.56 Å². The Balaban J connectivity index is 1.94. The fourth-order valence-electron chi connectivity index (χ4n) is 2.82. The molecule has 0 atom stereocenters. The van der Waals surface area contributed by atoms with Crippen molar-refractivity contribution in [1.82, 2.24) is 0 Å². The third kappa shape index (κ3) is 3.22. The lowest BCUT2D eigenvalue weighted by atomic mass is 9.75. The number of carbonyl (C=O) groups excluding carboxylic acids is 1. The molecule has 0 saturated carbocycles. The van der Waals surface area contributed by atoms with E-state index >= 15 is 0 Å². The minimum atomic E-state index is -0.546. The normalized spacial score (nSPS) is 18.2. The topological polar surface area (TPSA) is 44.8 Å². The Morgan fingerprint density at radius 1 is 0.920 bits per heavy atom. The summed E-state index contributed by atoms with van der Waals surface area (Å²) < 4.78 is 17.3. The summed E-state index contributed by atoms with van der Waals surface area (Å²) in [5.41, 5.74) is 2.44. The molecule has 4 nitrogen and oxygen atoms in total. The van der Waals surface area contributed by atoms with Crippen LogP contribution in [-0.4, -0.2) is 31.7 Å². The monoisotopic (exact) mass is 338 g/mol. The minimum Gasteiger partial charge on any atom is -0.497 e. The van der Waals surface area contributed by atoms with E-state index in [1.54, 1.807) is 7.11 Å². The number of carbonyl (C=O) groups is 1. The van der Waals surface area contributed by atoms with Gasteiger partial charge in [-0.15, -0.1) is 0 Å². The number of methoxy groups -OCH3 is 1. The van der Waals surface area contributed by atoms with Gasteiger partial charge in [-0.1, -0.05) is 24.3 Å². The van der Waals surface area contributed by atoms with Gasteiger partial charge < -0.3 is 14.0 Å². The van der Waals surface area contributed by atoms with Crippen LogP contribution in [0.4, 0.5) is 0 Å². The summed E-state index contributed by atoms with van der Waals surface area (Å²) in [6, 6.07) is 13.5. The highest BCUT2D eigenvalue weighted by atomic mass is 16.7. The molecule has 0 spiro atoms. The number of ether oxygens (including phenoxy) is 1. The predicted octanol–water partition coefficient (Wildman–Crippen LogP) is 3.47. The van der Waals surface area contributed by atoms with Gasteiger partial charge in [-0.2, -0.15) is 0 Å². The molecule has 0 N–H and O–H groups in total. The molecule has 1 aliphatic rings. The van der Waals surface area contributed by atoms with E-state index in [2.05, 4.69) is 0 Å². The van der Waals surface area contributed by atoms with Crippen LogP contribution < -0.4 is 10.2 Å². The van der Waals surface area contributed by atoms with Gasteiger partial charge in [-0.05, 0) is 62.5 Å². The molecule has 0 aliphatic carbocycles. The molecule has 2 aromatic rings. The Morgan fingerprint density at radius 2 is 1.48 bits per heavy atom. The van der Waals surface area contributed by atoms with E-state index < -0.39 is 18.3 Å². The van der Waals surface area contributed by atoms with E-state index in [0.717, 1.165) is 28.6 Å². The summed E-state index contributed by atoms with van der Waals surface area (Å²) in [6.07, 6.45) is 0.855. The van der Waals surface area contributed by atoms with E-state index in [9.17, 15) is 4.79 Å². The Kier molecular flexibility index (Phi) is 4.48. The highest BCUT2D eigenvalue weighted by molar-refractivity contribution is 6.63. The summed E-state index contributed by atoms with van der Waals surface area (Å²) in [7, 11) is 1.09. The van der Waals surface area contributed by atoms with Gasteiger partial charge >= 0.3 is 7.12 Å². The van der Waals surface area contributed by atoms with Crippen LogP contribution in [0.15, 0.2) is 42.5 Å². The molecule has 0 unspecified atom stereocenters. The fraction of sp³-hybridized carbons (Fsp3) is 0.350. The molecule has 130 valence electrons. The SMILES string of the molecule is COc1ccc(-c2ccc(B3OC(C)(C)C(C)(C)O3)c(C=O)c2)cc1. The maximum absolute atomic E-state index is 11.7. The quantitative estimate of drug-likeness (QED) is 0.633. The minimum absolute atomic E-state index is 0.438. The molecular formula is C20H23BO4. The maximum Gasteiger partial charge on any atom is 0.495 e. The summed E-state index contributed by atoms with van der Waals surface area (Å²) in [4.78, 5) is 11.7. The van der Waals surface area contributed by atoms with Crippen LogP contribution in [0.25, 0.3) is 11.1 Å². The first kappa shape index (κ1) is 17.7. The van der Waals surface area contributed by atoms with Gasteiger partial charge in [0.15, 0.2) is 0 Å². The fourth-order valence-corrected chi connectivity index (χ4v) is 2.82. The van der Waals surface area contributed by atoms with Crippen molar-refractivity contribution in [1.29, 1.82) is 0 Å². The van der Waals surface area contributed by atoms with Crippen molar-refractivity contribution in [3.8, 4) is 16.9 Å². The first-order chi connectivity index (χ1) is 11.8. The average Bonchev–Trinajstić information content (AvgIpc) is 2.82. The van der Waals surface area contributed by atoms with Gasteiger partial charge in [0, 0.05) is 5.56 Å². The molecule has 5 heteroatoms. The molecule has 0 bridgehead atoms. The third-order valence-electron chi connectivity index (χ3n) is 5.14. The van der Waals surface area contributed by atoms with Crippen LogP contribution in [0.3, 0.4) is 0 Å². The van der Waals surface area contributed by atoms with Crippen LogP contribution in [0, 0.1) is 0 Å². The Hall–Kier alpha value is -2.11. The number of hydrogen-bond donors (Lipinski definition) is 0. The van der Waals surface area contributed by atoms with Crippen molar-refractivity contribution in [2.75, 3.05) is 7.11 Å². The van der Waals surface area contributed by atoms with Crippen molar-refractivity contribution in [2.24, 2.45) is 0 Å². The van der Waals surface area contributed by atoms with Crippen molar-refractivity contribution < 1.29 is 18.8 Å². The first-order valence-corrected chi connectivity index (χ1v) is 8.36. The van der Waals surface area contributed by atoms with E-state index in [1.165, 1.54) is 0 Å². The molecule has 25 heavy (non-hydrogen) atoms. The van der Waals surface area contributed by atoms with E-state index in [1.807, 2.05) is 70.2 Å². The lowest BCUT2D eigenvalue weighted by Crippen LogP contribution is -2.41. The van der Waals surface area contributed by atoms with Crippen LogP contribution in [0.5, 0.6) is 5.75 Å². The lowest BCUT2D eigenvalue weighted by molar-refractivity contribution is 0.00578. The average molecular weight is 338 g/mol. The second kappa shape index (κ2) is 6.32. The molecule has 1 heterocycles. The second-order valence-electron chi connectivity index (χ2n) is 7.28. The lowest BCUT2D eigenvalue weighted by Gasteiger charge is -2.32.